The number of hydrogen-bond acceptors (Lipinski definition) is 2. The van der Waals surface area contributed by atoms with E-state index in [1.165, 1.54) is 6.07 Å². The van der Waals surface area contributed by atoms with Gasteiger partial charge in [0.15, 0.2) is 0 Å². The van der Waals surface area contributed by atoms with Gasteiger partial charge in [-0.05, 0) is 32.4 Å². The van der Waals surface area contributed by atoms with Gasteiger partial charge in [-0.1, -0.05) is 6.08 Å². The molecule has 1 aliphatic heterocycles. The third-order valence-corrected chi connectivity index (χ3v) is 3.13. The summed E-state index contributed by atoms with van der Waals surface area (Å²) in [6.07, 6.45) is 3.08. The normalized spacial score (nSPS) is 15.4. The van der Waals surface area contributed by atoms with Gasteiger partial charge in [0.2, 0.25) is 5.91 Å². The molecule has 0 spiro atoms. The van der Waals surface area contributed by atoms with Crippen LogP contribution in [0.4, 0.5) is 4.39 Å². The number of nitrogens with zero attached hydrogens (tertiary/aromatic N) is 1. The van der Waals surface area contributed by atoms with Crippen LogP contribution >= 0.6 is 0 Å². The van der Waals surface area contributed by atoms with Gasteiger partial charge >= 0.3 is 0 Å². The smallest absolute Gasteiger partial charge is 0.227 e. The van der Waals surface area contributed by atoms with Crippen LogP contribution in [0.15, 0.2) is 24.3 Å². The maximum atomic E-state index is 14.1. The highest BCUT2D eigenvalue weighted by atomic mass is 19.1. The molecule has 1 aliphatic rings. The fraction of sp³-hybridized carbons (Fsp3) is 0.400. The minimum Gasteiger partial charge on any atom is -0.494 e. The number of allylic oxidation sites excluding steroid dienone is 1. The number of carbonyl (C=O) groups excluding carboxylic acids is 1. The number of halogens is 1. The van der Waals surface area contributed by atoms with Crippen molar-refractivity contribution in [1.82, 2.24) is 4.90 Å². The molecule has 1 amide bonds. The molecule has 0 atom stereocenters. The summed E-state index contributed by atoms with van der Waals surface area (Å²) in [6.45, 7) is 4.80. The van der Waals surface area contributed by atoms with E-state index in [9.17, 15) is 9.18 Å². The molecule has 1 aromatic rings. The average molecular weight is 263 g/mol. The van der Waals surface area contributed by atoms with Crippen molar-refractivity contribution in [1.29, 1.82) is 0 Å². The van der Waals surface area contributed by atoms with Crippen LogP contribution < -0.4 is 4.74 Å². The summed E-state index contributed by atoms with van der Waals surface area (Å²) in [7, 11) is 0. The zero-order chi connectivity index (χ0) is 13.8. The van der Waals surface area contributed by atoms with E-state index in [2.05, 4.69) is 0 Å². The predicted octanol–water partition coefficient (Wildman–Crippen LogP) is 3.21. The molecule has 0 bridgehead atoms. The number of carbonyl (C=O) groups is 1. The summed E-state index contributed by atoms with van der Waals surface area (Å²) in [5.74, 6) is 0.202. The monoisotopic (exact) mass is 263 g/mol. The van der Waals surface area contributed by atoms with Gasteiger partial charge in [0.1, 0.15) is 11.6 Å². The Bertz CT molecular complexity index is 511. The van der Waals surface area contributed by atoms with Crippen LogP contribution in [0.5, 0.6) is 5.75 Å². The van der Waals surface area contributed by atoms with Gasteiger partial charge in [0.25, 0.3) is 0 Å². The van der Waals surface area contributed by atoms with Crippen LogP contribution in [0.3, 0.4) is 0 Å². The van der Waals surface area contributed by atoms with Gasteiger partial charge in [0.05, 0.1) is 6.61 Å². The van der Waals surface area contributed by atoms with Gasteiger partial charge in [-0.15, -0.1) is 0 Å². The summed E-state index contributed by atoms with van der Waals surface area (Å²) >= 11 is 0. The molecular formula is C15H18FNO2. The van der Waals surface area contributed by atoms with Gasteiger partial charge < -0.3 is 9.64 Å². The highest BCUT2D eigenvalue weighted by Gasteiger charge is 2.23. The maximum absolute atomic E-state index is 14.1. The second-order valence-electron chi connectivity index (χ2n) is 4.34. The number of rotatable bonds is 4. The quantitative estimate of drug-likeness (QED) is 0.834. The summed E-state index contributed by atoms with van der Waals surface area (Å²) in [6, 6.07) is 4.77. The number of amides is 1. The van der Waals surface area contributed by atoms with Gasteiger partial charge in [-0.25, -0.2) is 4.39 Å². The summed E-state index contributed by atoms with van der Waals surface area (Å²) in [4.78, 5) is 13.5. The first-order valence-electron chi connectivity index (χ1n) is 6.60. The van der Waals surface area contributed by atoms with Crippen LogP contribution in [0, 0.1) is 5.82 Å². The van der Waals surface area contributed by atoms with E-state index in [0.29, 0.717) is 43.0 Å². The lowest BCUT2D eigenvalue weighted by Gasteiger charge is -2.28. The Kier molecular flexibility index (Phi) is 4.20. The Labute approximate surface area is 112 Å². The molecule has 19 heavy (non-hydrogen) atoms. The van der Waals surface area contributed by atoms with Crippen molar-refractivity contribution >= 4 is 11.6 Å². The first kappa shape index (κ1) is 13.6. The highest BCUT2D eigenvalue weighted by Crippen LogP contribution is 2.29. The zero-order valence-corrected chi connectivity index (χ0v) is 11.3. The van der Waals surface area contributed by atoms with Crippen molar-refractivity contribution in [3.05, 3.63) is 35.7 Å². The molecule has 0 radical (unpaired) electrons. The molecule has 0 saturated heterocycles. The first-order valence-corrected chi connectivity index (χ1v) is 6.60. The standard InChI is InChI=1S/C15H18FNO2/c1-3-17-14(6-5-7-15(17)18)12-9-8-11(19-4-2)10-13(12)16/h6,8-10H,3-5,7H2,1-2H3. The van der Waals surface area contributed by atoms with Gasteiger partial charge in [-0.3, -0.25) is 4.79 Å². The highest BCUT2D eigenvalue weighted by molar-refractivity contribution is 5.89. The van der Waals surface area contributed by atoms with E-state index in [0.717, 1.165) is 0 Å². The van der Waals surface area contributed by atoms with Crippen molar-refractivity contribution in [2.24, 2.45) is 0 Å². The molecule has 0 fully saturated rings. The van der Waals surface area contributed by atoms with Crippen LogP contribution in [-0.4, -0.2) is 24.0 Å². The second-order valence-corrected chi connectivity index (χ2v) is 4.34. The molecule has 0 unspecified atom stereocenters. The minimum atomic E-state index is -0.356. The third-order valence-electron chi connectivity index (χ3n) is 3.13. The summed E-state index contributed by atoms with van der Waals surface area (Å²) in [5.41, 5.74) is 1.12. The fourth-order valence-corrected chi connectivity index (χ4v) is 2.27. The van der Waals surface area contributed by atoms with Crippen molar-refractivity contribution in [2.75, 3.05) is 13.2 Å². The van der Waals surface area contributed by atoms with Crippen molar-refractivity contribution < 1.29 is 13.9 Å². The Morgan fingerprint density at radius 3 is 2.79 bits per heavy atom. The number of ether oxygens (including phenoxy) is 1. The topological polar surface area (TPSA) is 29.5 Å². The molecule has 102 valence electrons. The summed E-state index contributed by atoms with van der Waals surface area (Å²) in [5, 5.41) is 0. The van der Waals surface area contributed by atoms with E-state index in [4.69, 9.17) is 4.74 Å². The Balaban J connectivity index is 2.35. The van der Waals surface area contributed by atoms with Gasteiger partial charge in [0, 0.05) is 30.3 Å². The predicted molar refractivity (Wildman–Crippen MR) is 72.2 cm³/mol. The van der Waals surface area contributed by atoms with Crippen molar-refractivity contribution in [3.63, 3.8) is 0 Å². The molecule has 3 nitrogen and oxygen atoms in total. The Hall–Kier alpha value is -1.84. The van der Waals surface area contributed by atoms with E-state index < -0.39 is 0 Å². The van der Waals surface area contributed by atoms with Crippen molar-refractivity contribution in [3.8, 4) is 5.75 Å². The Morgan fingerprint density at radius 1 is 1.37 bits per heavy atom. The van der Waals surface area contributed by atoms with Crippen LogP contribution in [0.1, 0.15) is 32.3 Å². The molecule has 0 aliphatic carbocycles. The van der Waals surface area contributed by atoms with E-state index in [1.807, 2.05) is 19.9 Å². The molecule has 0 saturated carbocycles. The Morgan fingerprint density at radius 2 is 2.16 bits per heavy atom. The minimum absolute atomic E-state index is 0.0493. The second kappa shape index (κ2) is 5.87. The van der Waals surface area contributed by atoms with Crippen LogP contribution in [0.2, 0.25) is 0 Å². The maximum Gasteiger partial charge on any atom is 0.227 e. The summed E-state index contributed by atoms with van der Waals surface area (Å²) < 4.78 is 19.4. The molecule has 4 heteroatoms. The molecule has 0 N–H and O–H groups in total. The van der Waals surface area contributed by atoms with Crippen molar-refractivity contribution in [2.45, 2.75) is 26.7 Å². The van der Waals surface area contributed by atoms with Gasteiger partial charge in [-0.2, -0.15) is 0 Å². The molecule has 1 aromatic carbocycles. The van der Waals surface area contributed by atoms with Crippen LogP contribution in [0.25, 0.3) is 5.70 Å². The van der Waals surface area contributed by atoms with E-state index >= 15 is 0 Å². The van der Waals surface area contributed by atoms with E-state index in [1.54, 1.807) is 17.0 Å². The first-order chi connectivity index (χ1) is 9.17. The third kappa shape index (κ3) is 2.78. The fourth-order valence-electron chi connectivity index (χ4n) is 2.27. The number of benzene rings is 1. The number of hydrogen-bond donors (Lipinski definition) is 0. The zero-order valence-electron chi connectivity index (χ0n) is 11.3. The lowest BCUT2D eigenvalue weighted by atomic mass is 10.0. The lowest BCUT2D eigenvalue weighted by Crippen LogP contribution is -2.31. The molecule has 2 rings (SSSR count). The van der Waals surface area contributed by atoms with E-state index in [-0.39, 0.29) is 11.7 Å². The average Bonchev–Trinajstić information content (AvgIpc) is 2.39. The largest absolute Gasteiger partial charge is 0.494 e. The molecular weight excluding hydrogens is 245 g/mol. The molecule has 0 aromatic heterocycles. The lowest BCUT2D eigenvalue weighted by molar-refractivity contribution is -0.128. The van der Waals surface area contributed by atoms with Crippen LogP contribution in [-0.2, 0) is 4.79 Å². The molecule has 1 heterocycles. The SMILES string of the molecule is CCOc1ccc(C2=CCCC(=O)N2CC)c(F)c1.